The molecule has 2 rings (SSSR count). The first-order valence-electron chi connectivity index (χ1n) is 7.79. The number of phenols is 2. The van der Waals surface area contributed by atoms with E-state index in [1.165, 1.54) is 50.6 Å². The van der Waals surface area contributed by atoms with Crippen molar-refractivity contribution in [2.24, 2.45) is 0 Å². The Bertz CT molecular complexity index is 782. The van der Waals surface area contributed by atoms with Crippen molar-refractivity contribution in [2.75, 3.05) is 14.2 Å². The Morgan fingerprint density at radius 1 is 0.724 bits per heavy atom. The van der Waals surface area contributed by atoms with Gasteiger partial charge in [0.05, 0.1) is 14.2 Å². The van der Waals surface area contributed by atoms with Gasteiger partial charge in [-0.25, -0.2) is 0 Å². The molecule has 0 radical (unpaired) electrons. The van der Waals surface area contributed by atoms with Crippen LogP contribution in [0.1, 0.15) is 11.1 Å². The molecule has 29 heavy (non-hydrogen) atoms. The van der Waals surface area contributed by atoms with E-state index in [2.05, 4.69) is 9.47 Å². The zero-order chi connectivity index (χ0) is 21.1. The van der Waals surface area contributed by atoms with Gasteiger partial charge < -0.3 is 39.5 Å². The summed E-state index contributed by atoms with van der Waals surface area (Å²) in [5.41, 5.74) is 1.23. The summed E-state index contributed by atoms with van der Waals surface area (Å²) < 4.78 is 9.16. The van der Waals surface area contributed by atoms with Crippen molar-refractivity contribution in [3.8, 4) is 11.5 Å². The molecule has 0 aromatic heterocycles. The fourth-order valence-electron chi connectivity index (χ4n) is 1.85. The minimum atomic E-state index is -1.37. The summed E-state index contributed by atoms with van der Waals surface area (Å²) in [5, 5.41) is 38.8. The maximum Gasteiger partial charge on any atom is 2.00 e. The van der Waals surface area contributed by atoms with E-state index < -0.39 is 11.9 Å². The Morgan fingerprint density at radius 3 is 1.21 bits per heavy atom. The number of rotatable bonds is 6. The Morgan fingerprint density at radius 2 is 1.00 bits per heavy atom. The van der Waals surface area contributed by atoms with Gasteiger partial charge >= 0.3 is 10.1 Å². The van der Waals surface area contributed by atoms with E-state index in [0.29, 0.717) is 11.1 Å². The third kappa shape index (κ3) is 9.12. The van der Waals surface area contributed by atoms with Gasteiger partial charge in [0.25, 0.3) is 0 Å². The summed E-state index contributed by atoms with van der Waals surface area (Å²) in [4.78, 5) is 20.9. The molecule has 0 aliphatic heterocycles. The van der Waals surface area contributed by atoms with Gasteiger partial charge in [-0.3, -0.25) is 0 Å². The molecule has 2 N–H and O–H groups in total. The number of carboxylic acid groups (broad SMARTS) is 2. The smallest absolute Gasteiger partial charge is 0.542 e. The van der Waals surface area contributed by atoms with Crippen LogP contribution in [0.5, 0.6) is 11.5 Å². The summed E-state index contributed by atoms with van der Waals surface area (Å²) in [6.07, 6.45) is 2.63. The summed E-state index contributed by atoms with van der Waals surface area (Å²) in [6.45, 7) is 0. The third-order valence-corrected chi connectivity index (χ3v) is 3.22. The van der Waals surface area contributed by atoms with Crippen LogP contribution >= 0.6 is 0 Å². The van der Waals surface area contributed by atoms with E-state index in [-0.39, 0.29) is 33.1 Å². The molecule has 0 fully saturated rings. The number of carbonyl (C=O) groups excluding carboxylic acids is 2. The third-order valence-electron chi connectivity index (χ3n) is 3.22. The number of methoxy groups -OCH3 is 2. The van der Waals surface area contributed by atoms with Crippen LogP contribution in [0.2, 0.25) is 0 Å². The average Bonchev–Trinajstić information content (AvgIpc) is 2.67. The number of phenolic OH excluding ortho intramolecular Hbond substituents is 2. The van der Waals surface area contributed by atoms with Gasteiger partial charge in [0.1, 0.15) is 35.0 Å². The molecular formula is C20H18BeO8. The van der Waals surface area contributed by atoms with E-state index in [0.717, 1.165) is 0 Å². The SMILES string of the molecule is CO/C(=C\c1ccc(O)cc1)C(=O)[O-].CO/C(=C\c1ccc(O)cc1)C(=O)[O-].[Be+2]. The van der Waals surface area contributed by atoms with Crippen molar-refractivity contribution in [3.63, 3.8) is 0 Å². The largest absolute Gasteiger partial charge is 2.00 e. The quantitative estimate of drug-likeness (QED) is 0.392. The van der Waals surface area contributed by atoms with Crippen molar-refractivity contribution in [1.82, 2.24) is 0 Å². The maximum absolute atomic E-state index is 10.4. The first-order valence-corrected chi connectivity index (χ1v) is 7.79. The molecule has 0 saturated carbocycles. The monoisotopic (exact) mass is 395 g/mol. The van der Waals surface area contributed by atoms with Crippen LogP contribution in [0.15, 0.2) is 60.0 Å². The van der Waals surface area contributed by atoms with E-state index in [1.54, 1.807) is 24.3 Å². The molecule has 0 saturated heterocycles. The number of hydrogen-bond acceptors (Lipinski definition) is 8. The Kier molecular flexibility index (Phi) is 10.9. The predicted octanol–water partition coefficient (Wildman–Crippen LogP) is -0.122. The number of ether oxygens (including phenoxy) is 2. The van der Waals surface area contributed by atoms with Crippen LogP contribution < -0.4 is 10.2 Å². The van der Waals surface area contributed by atoms with Gasteiger partial charge in [-0.15, -0.1) is 0 Å². The zero-order valence-corrected chi connectivity index (χ0v) is 15.8. The first kappa shape index (κ1) is 25.2. The number of carboxylic acids is 2. The molecule has 0 atom stereocenters. The van der Waals surface area contributed by atoms with Crippen molar-refractivity contribution in [1.29, 1.82) is 0 Å². The van der Waals surface area contributed by atoms with Crippen LogP contribution in [-0.4, -0.2) is 46.5 Å². The number of aliphatic carboxylic acids is 2. The molecule has 2 aromatic rings. The second-order valence-corrected chi connectivity index (χ2v) is 5.18. The van der Waals surface area contributed by atoms with Gasteiger partial charge in [-0.1, -0.05) is 24.3 Å². The molecule has 0 unspecified atom stereocenters. The molecule has 0 bridgehead atoms. The van der Waals surface area contributed by atoms with E-state index in [9.17, 15) is 19.8 Å². The summed E-state index contributed by atoms with van der Waals surface area (Å²) >= 11 is 0. The molecule has 0 spiro atoms. The first-order chi connectivity index (χ1) is 13.3. The summed E-state index contributed by atoms with van der Waals surface area (Å²) in [6, 6.07) is 12.1. The Balaban J connectivity index is 0.000000523. The molecule has 9 heteroatoms. The molecule has 0 amide bonds. The van der Waals surface area contributed by atoms with Crippen LogP contribution in [0.25, 0.3) is 12.2 Å². The number of carbonyl (C=O) groups is 2. The number of aromatic hydroxyl groups is 2. The van der Waals surface area contributed by atoms with Crippen molar-refractivity contribution < 1.29 is 39.5 Å². The minimum absolute atomic E-state index is 0. The minimum Gasteiger partial charge on any atom is -0.542 e. The van der Waals surface area contributed by atoms with Crippen LogP contribution in [0, 0.1) is 0 Å². The van der Waals surface area contributed by atoms with E-state index in [1.807, 2.05) is 0 Å². The van der Waals surface area contributed by atoms with Gasteiger partial charge in [-0.2, -0.15) is 0 Å². The number of hydrogen-bond donors (Lipinski definition) is 2. The van der Waals surface area contributed by atoms with Gasteiger partial charge in [0.15, 0.2) is 0 Å². The Labute approximate surface area is 171 Å². The predicted molar refractivity (Wildman–Crippen MR) is 102 cm³/mol. The fraction of sp³-hybridized carbons (Fsp3) is 0.100. The summed E-state index contributed by atoms with van der Waals surface area (Å²) in [7, 11) is 2.50. The molecule has 2 aromatic carbocycles. The van der Waals surface area contributed by atoms with Crippen molar-refractivity contribution >= 4 is 34.2 Å². The molecular weight excluding hydrogens is 377 g/mol. The van der Waals surface area contributed by atoms with Crippen molar-refractivity contribution in [3.05, 3.63) is 71.2 Å². The fourth-order valence-corrected chi connectivity index (χ4v) is 1.85. The summed E-state index contributed by atoms with van der Waals surface area (Å²) in [5.74, 6) is -3.02. The average molecular weight is 395 g/mol. The van der Waals surface area contributed by atoms with Gasteiger partial charge in [0.2, 0.25) is 0 Å². The zero-order valence-electron chi connectivity index (χ0n) is 15.8. The van der Waals surface area contributed by atoms with Gasteiger partial charge in [0, 0.05) is 0 Å². The maximum atomic E-state index is 10.4. The Hall–Kier alpha value is -3.77. The van der Waals surface area contributed by atoms with Gasteiger partial charge in [-0.05, 0) is 47.5 Å². The second kappa shape index (κ2) is 12.6. The van der Waals surface area contributed by atoms with Crippen molar-refractivity contribution in [2.45, 2.75) is 0 Å². The van der Waals surface area contributed by atoms with Crippen LogP contribution in [-0.2, 0) is 19.1 Å². The van der Waals surface area contributed by atoms with Crippen LogP contribution in [0.3, 0.4) is 0 Å². The molecule has 8 nitrogen and oxygen atoms in total. The molecule has 0 aliphatic carbocycles. The van der Waals surface area contributed by atoms with E-state index in [4.69, 9.17) is 10.2 Å². The van der Waals surface area contributed by atoms with Crippen LogP contribution in [0.4, 0.5) is 0 Å². The normalized spacial score (nSPS) is 10.7. The second-order valence-electron chi connectivity index (χ2n) is 5.18. The molecule has 0 aliphatic rings. The molecule has 0 heterocycles. The molecule has 148 valence electrons. The topological polar surface area (TPSA) is 139 Å². The van der Waals surface area contributed by atoms with E-state index >= 15 is 0 Å². The standard InChI is InChI=1S/2C10H10O4.Be/c2*1-14-9(10(12)13)6-7-2-4-8(11)5-3-7;/h2*2-6,11H,1H3,(H,12,13);/q;;+2/p-2/b2*9-6-;. The number of benzene rings is 2.